The van der Waals surface area contributed by atoms with Crippen molar-refractivity contribution < 1.29 is 29.4 Å². The van der Waals surface area contributed by atoms with Crippen LogP contribution in [-0.2, 0) is 32.0 Å². The average molecular weight is 643 g/mol. The van der Waals surface area contributed by atoms with Crippen LogP contribution in [0.4, 0.5) is 0 Å². The Hall–Kier alpha value is -4.24. The Morgan fingerprint density at radius 3 is 1.91 bits per heavy atom. The van der Waals surface area contributed by atoms with Gasteiger partial charge in [0.1, 0.15) is 29.6 Å². The van der Waals surface area contributed by atoms with Gasteiger partial charge < -0.3 is 54.4 Å². The molecule has 0 aromatic heterocycles. The highest BCUT2D eigenvalue weighted by Crippen LogP contribution is 2.30. The lowest BCUT2D eigenvalue weighted by atomic mass is 9.96. The van der Waals surface area contributed by atoms with Gasteiger partial charge in [-0.05, 0) is 78.7 Å². The third-order valence-electron chi connectivity index (χ3n) is 7.53. The SMILES string of the molecule is CCC[C@H](N)CNC(=O)[C@H](CN)NC(=O)[C@H](Cc1cc(-c2ccc(O)c(CC)c2)ccc1O)NC(=O)[C@H](CCCN)NC(=O)CN. The topological polar surface area (TPSA) is 261 Å². The largest absolute Gasteiger partial charge is 0.508 e. The summed E-state index contributed by atoms with van der Waals surface area (Å²) in [4.78, 5) is 52.0. The first-order valence-corrected chi connectivity index (χ1v) is 15.6. The lowest BCUT2D eigenvalue weighted by Crippen LogP contribution is -2.59. The number of aromatic hydroxyl groups is 2. The summed E-state index contributed by atoms with van der Waals surface area (Å²) in [5.41, 5.74) is 25.4. The molecule has 14 N–H and O–H groups in total. The van der Waals surface area contributed by atoms with Crippen LogP contribution in [0.2, 0.25) is 0 Å². The summed E-state index contributed by atoms with van der Waals surface area (Å²) in [6.07, 6.45) is 2.57. The van der Waals surface area contributed by atoms with Gasteiger partial charge in [-0.15, -0.1) is 0 Å². The van der Waals surface area contributed by atoms with Crippen LogP contribution in [-0.4, -0.2) is 84.2 Å². The first kappa shape index (κ1) is 37.9. The highest BCUT2D eigenvalue weighted by Gasteiger charge is 2.30. The lowest BCUT2D eigenvalue weighted by molar-refractivity contribution is -0.133. The molecule has 254 valence electrons. The number of nitrogens with two attached hydrogens (primary N) is 4. The zero-order chi connectivity index (χ0) is 34.2. The predicted octanol–water partition coefficient (Wildman–Crippen LogP) is -0.776. The first-order chi connectivity index (χ1) is 22.0. The van der Waals surface area contributed by atoms with Crippen molar-refractivity contribution in [1.29, 1.82) is 0 Å². The molecule has 0 unspecified atom stereocenters. The third-order valence-corrected chi connectivity index (χ3v) is 7.53. The van der Waals surface area contributed by atoms with Crippen LogP contribution in [0.5, 0.6) is 11.5 Å². The molecule has 0 heterocycles. The van der Waals surface area contributed by atoms with Crippen molar-refractivity contribution in [3.63, 3.8) is 0 Å². The van der Waals surface area contributed by atoms with Gasteiger partial charge in [-0.25, -0.2) is 0 Å². The van der Waals surface area contributed by atoms with Gasteiger partial charge in [0.2, 0.25) is 23.6 Å². The molecule has 4 atom stereocenters. The van der Waals surface area contributed by atoms with Gasteiger partial charge in [0.05, 0.1) is 6.54 Å². The number of aryl methyl sites for hydroxylation is 1. The molecule has 2 aromatic carbocycles. The number of phenols is 2. The summed E-state index contributed by atoms with van der Waals surface area (Å²) < 4.78 is 0. The number of nitrogens with one attached hydrogen (secondary N) is 4. The van der Waals surface area contributed by atoms with Crippen molar-refractivity contribution in [2.24, 2.45) is 22.9 Å². The summed E-state index contributed by atoms with van der Waals surface area (Å²) in [7, 11) is 0. The molecular formula is C32H50N8O6. The second-order valence-corrected chi connectivity index (χ2v) is 11.2. The first-order valence-electron chi connectivity index (χ1n) is 15.6. The third kappa shape index (κ3) is 11.6. The molecule has 0 spiro atoms. The van der Waals surface area contributed by atoms with Crippen LogP contribution >= 0.6 is 0 Å². The number of benzene rings is 2. The second kappa shape index (κ2) is 19.3. The van der Waals surface area contributed by atoms with Gasteiger partial charge >= 0.3 is 0 Å². The van der Waals surface area contributed by atoms with E-state index in [4.69, 9.17) is 22.9 Å². The number of phenolic OH excluding ortho intramolecular Hbond substituents is 2. The van der Waals surface area contributed by atoms with E-state index in [0.29, 0.717) is 30.4 Å². The van der Waals surface area contributed by atoms with Gasteiger partial charge in [-0.3, -0.25) is 19.2 Å². The maximum Gasteiger partial charge on any atom is 0.243 e. The molecule has 14 nitrogen and oxygen atoms in total. The van der Waals surface area contributed by atoms with Crippen molar-refractivity contribution in [2.45, 2.75) is 76.5 Å². The highest BCUT2D eigenvalue weighted by atomic mass is 16.3. The van der Waals surface area contributed by atoms with Crippen LogP contribution in [0.25, 0.3) is 11.1 Å². The number of hydrogen-bond donors (Lipinski definition) is 10. The Morgan fingerprint density at radius 2 is 1.35 bits per heavy atom. The second-order valence-electron chi connectivity index (χ2n) is 11.2. The minimum Gasteiger partial charge on any atom is -0.508 e. The van der Waals surface area contributed by atoms with Gasteiger partial charge in [0.15, 0.2) is 0 Å². The molecule has 2 aromatic rings. The van der Waals surface area contributed by atoms with E-state index in [2.05, 4.69) is 21.3 Å². The summed E-state index contributed by atoms with van der Waals surface area (Å²) in [6, 6.07) is 6.28. The van der Waals surface area contributed by atoms with E-state index in [1.165, 1.54) is 6.07 Å². The number of amides is 4. The van der Waals surface area contributed by atoms with Crippen LogP contribution < -0.4 is 44.2 Å². The number of hydrogen-bond acceptors (Lipinski definition) is 10. The molecule has 2 rings (SSSR count). The number of carbonyl (C=O) groups is 4. The van der Waals surface area contributed by atoms with E-state index in [1.54, 1.807) is 24.3 Å². The minimum absolute atomic E-state index is 0.126. The van der Waals surface area contributed by atoms with Crippen molar-refractivity contribution in [3.05, 3.63) is 47.5 Å². The van der Waals surface area contributed by atoms with E-state index in [-0.39, 0.29) is 56.6 Å². The predicted molar refractivity (Wildman–Crippen MR) is 176 cm³/mol. The van der Waals surface area contributed by atoms with Crippen LogP contribution in [0, 0.1) is 0 Å². The Morgan fingerprint density at radius 1 is 0.761 bits per heavy atom. The van der Waals surface area contributed by atoms with Crippen LogP contribution in [0.15, 0.2) is 36.4 Å². The summed E-state index contributed by atoms with van der Waals surface area (Å²) >= 11 is 0. The summed E-state index contributed by atoms with van der Waals surface area (Å²) in [6.45, 7) is 3.77. The minimum atomic E-state index is -1.29. The smallest absolute Gasteiger partial charge is 0.243 e. The Balaban J connectivity index is 2.41. The molecule has 0 aliphatic carbocycles. The van der Waals surface area contributed by atoms with Gasteiger partial charge in [-0.1, -0.05) is 32.4 Å². The van der Waals surface area contributed by atoms with E-state index in [9.17, 15) is 29.4 Å². The number of carbonyl (C=O) groups excluding carboxylic acids is 4. The Bertz CT molecular complexity index is 1320. The molecule has 0 radical (unpaired) electrons. The van der Waals surface area contributed by atoms with Crippen molar-refractivity contribution in [2.75, 3.05) is 26.2 Å². The zero-order valence-electron chi connectivity index (χ0n) is 26.7. The van der Waals surface area contributed by atoms with E-state index in [0.717, 1.165) is 17.5 Å². The fourth-order valence-electron chi connectivity index (χ4n) is 4.85. The van der Waals surface area contributed by atoms with Crippen molar-refractivity contribution >= 4 is 23.6 Å². The normalized spacial score (nSPS) is 13.6. The Labute approximate surface area is 270 Å². The molecule has 0 bridgehead atoms. The molecule has 14 heteroatoms. The quantitative estimate of drug-likeness (QED) is 0.0914. The van der Waals surface area contributed by atoms with Gasteiger partial charge in [-0.2, -0.15) is 0 Å². The molecule has 0 aliphatic rings. The molecule has 0 aliphatic heterocycles. The average Bonchev–Trinajstić information content (AvgIpc) is 3.04. The van der Waals surface area contributed by atoms with E-state index >= 15 is 0 Å². The van der Waals surface area contributed by atoms with Crippen molar-refractivity contribution in [1.82, 2.24) is 21.3 Å². The van der Waals surface area contributed by atoms with Crippen LogP contribution in [0.3, 0.4) is 0 Å². The number of rotatable bonds is 19. The fourth-order valence-corrected chi connectivity index (χ4v) is 4.85. The summed E-state index contributed by atoms with van der Waals surface area (Å²) in [5, 5.41) is 31.4. The van der Waals surface area contributed by atoms with E-state index < -0.39 is 41.8 Å². The van der Waals surface area contributed by atoms with Crippen molar-refractivity contribution in [3.8, 4) is 22.6 Å². The monoisotopic (exact) mass is 642 g/mol. The lowest BCUT2D eigenvalue weighted by Gasteiger charge is -2.25. The molecule has 0 fully saturated rings. The van der Waals surface area contributed by atoms with Gasteiger partial charge in [0.25, 0.3) is 0 Å². The zero-order valence-corrected chi connectivity index (χ0v) is 26.7. The molecular weight excluding hydrogens is 592 g/mol. The molecule has 46 heavy (non-hydrogen) atoms. The maximum absolute atomic E-state index is 13.7. The Kier molecular flexibility index (Phi) is 15.9. The molecule has 4 amide bonds. The van der Waals surface area contributed by atoms with Gasteiger partial charge in [0, 0.05) is 25.6 Å². The summed E-state index contributed by atoms with van der Waals surface area (Å²) in [5.74, 6) is -2.46. The van der Waals surface area contributed by atoms with Crippen LogP contribution in [0.1, 0.15) is 50.7 Å². The maximum atomic E-state index is 13.7. The fraction of sp³-hybridized carbons (Fsp3) is 0.500. The molecule has 0 saturated heterocycles. The molecule has 0 saturated carbocycles. The standard InChI is InChI=1S/C32H50N8O6/c1-3-6-23(36)18-37-30(44)26(16-34)40-32(46)25(39-31(45)24(7-5-12-33)38-29(43)17-35)15-22-14-21(9-11-28(22)42)20-8-10-27(41)19(4-2)13-20/h8-11,13-14,23-26,41-42H,3-7,12,15-18,33-36H2,1-2H3,(H,37,44)(H,38,43)(H,39,45)(H,40,46)/t23-,24-,25-,26-/m0/s1. The highest BCUT2D eigenvalue weighted by molar-refractivity contribution is 5.94. The van der Waals surface area contributed by atoms with E-state index in [1.807, 2.05) is 19.9 Å².